The summed E-state index contributed by atoms with van der Waals surface area (Å²) in [5.41, 5.74) is 4.07. The Morgan fingerprint density at radius 1 is 1.44 bits per heavy atom. The third-order valence-corrected chi connectivity index (χ3v) is 4.13. The molecule has 0 aliphatic rings. The van der Waals surface area contributed by atoms with E-state index < -0.39 is 0 Å². The number of hydrazine groups is 1. The van der Waals surface area contributed by atoms with Crippen LogP contribution in [0.25, 0.3) is 0 Å². The summed E-state index contributed by atoms with van der Waals surface area (Å²) in [6.45, 7) is 0. The van der Waals surface area contributed by atoms with Gasteiger partial charge in [-0.3, -0.25) is 16.3 Å². The van der Waals surface area contributed by atoms with Crippen molar-refractivity contribution in [2.24, 2.45) is 5.84 Å². The summed E-state index contributed by atoms with van der Waals surface area (Å²) in [5, 5.41) is 2.06. The molecule has 1 unspecified atom stereocenters. The minimum Gasteiger partial charge on any atom is -0.271 e. The van der Waals surface area contributed by atoms with Gasteiger partial charge in [0.2, 0.25) is 0 Å². The molecule has 0 fully saturated rings. The summed E-state index contributed by atoms with van der Waals surface area (Å²) in [7, 11) is 0. The SMILES string of the molecule is NNC(Cc1ccncc1)c1cc(Br)cs1. The van der Waals surface area contributed by atoms with Gasteiger partial charge in [0, 0.05) is 27.1 Å². The van der Waals surface area contributed by atoms with E-state index in [4.69, 9.17) is 5.84 Å². The predicted octanol–water partition coefficient (Wildman–Crippen LogP) is 2.65. The minimum atomic E-state index is 0.152. The van der Waals surface area contributed by atoms with Gasteiger partial charge < -0.3 is 0 Å². The first-order valence-electron chi connectivity index (χ1n) is 4.88. The lowest BCUT2D eigenvalue weighted by atomic mass is 10.1. The number of nitrogens with two attached hydrogens (primary N) is 1. The third kappa shape index (κ3) is 2.89. The standard InChI is InChI=1S/C11H12BrN3S/c12-9-6-11(16-7-9)10(15-13)5-8-1-3-14-4-2-8/h1-4,6-7,10,15H,5,13H2. The van der Waals surface area contributed by atoms with Crippen LogP contribution < -0.4 is 11.3 Å². The highest BCUT2D eigenvalue weighted by molar-refractivity contribution is 9.10. The molecule has 0 spiro atoms. The molecule has 0 aliphatic carbocycles. The molecule has 5 heteroatoms. The number of pyridine rings is 1. The van der Waals surface area contributed by atoms with E-state index in [0.717, 1.165) is 10.9 Å². The largest absolute Gasteiger partial charge is 0.271 e. The van der Waals surface area contributed by atoms with Crippen LogP contribution in [0.5, 0.6) is 0 Å². The molecule has 3 N–H and O–H groups in total. The summed E-state index contributed by atoms with van der Waals surface area (Å²) in [6, 6.07) is 6.26. The molecule has 0 radical (unpaired) electrons. The lowest BCUT2D eigenvalue weighted by molar-refractivity contribution is 0.560. The van der Waals surface area contributed by atoms with Crippen LogP contribution in [-0.2, 0) is 6.42 Å². The number of rotatable bonds is 4. The molecule has 2 aromatic heterocycles. The summed E-state index contributed by atoms with van der Waals surface area (Å²) in [5.74, 6) is 5.59. The second-order valence-electron chi connectivity index (χ2n) is 3.45. The third-order valence-electron chi connectivity index (χ3n) is 2.32. The van der Waals surface area contributed by atoms with Crippen LogP contribution in [0.3, 0.4) is 0 Å². The second-order valence-corrected chi connectivity index (χ2v) is 5.30. The first kappa shape index (κ1) is 11.7. The van der Waals surface area contributed by atoms with Crippen LogP contribution in [0.2, 0.25) is 0 Å². The number of thiophene rings is 1. The van der Waals surface area contributed by atoms with Crippen molar-refractivity contribution < 1.29 is 0 Å². The molecule has 2 heterocycles. The fourth-order valence-electron chi connectivity index (χ4n) is 1.51. The van der Waals surface area contributed by atoms with Gasteiger partial charge in [0.25, 0.3) is 0 Å². The van der Waals surface area contributed by atoms with E-state index in [1.165, 1.54) is 10.4 Å². The molecule has 0 aromatic carbocycles. The highest BCUT2D eigenvalue weighted by Crippen LogP contribution is 2.27. The first-order chi connectivity index (χ1) is 7.79. The van der Waals surface area contributed by atoms with Crippen molar-refractivity contribution in [3.63, 3.8) is 0 Å². The molecule has 2 rings (SSSR count). The van der Waals surface area contributed by atoms with Crippen molar-refractivity contribution in [2.75, 3.05) is 0 Å². The highest BCUT2D eigenvalue weighted by Gasteiger charge is 2.12. The molecule has 16 heavy (non-hydrogen) atoms. The molecular formula is C11H12BrN3S. The maximum Gasteiger partial charge on any atom is 0.0593 e. The zero-order chi connectivity index (χ0) is 11.4. The van der Waals surface area contributed by atoms with Gasteiger partial charge in [0.05, 0.1) is 6.04 Å². The van der Waals surface area contributed by atoms with Crippen molar-refractivity contribution in [3.8, 4) is 0 Å². The van der Waals surface area contributed by atoms with Gasteiger partial charge >= 0.3 is 0 Å². The molecule has 0 saturated heterocycles. The molecule has 0 amide bonds. The van der Waals surface area contributed by atoms with Gasteiger partial charge in [-0.2, -0.15) is 0 Å². The first-order valence-corrected chi connectivity index (χ1v) is 6.56. The summed E-state index contributed by atoms with van der Waals surface area (Å²) in [4.78, 5) is 5.23. The van der Waals surface area contributed by atoms with Gasteiger partial charge in [0.1, 0.15) is 0 Å². The average molecular weight is 298 g/mol. The van der Waals surface area contributed by atoms with E-state index in [1.807, 2.05) is 12.1 Å². The molecule has 3 nitrogen and oxygen atoms in total. The molecule has 84 valence electrons. The van der Waals surface area contributed by atoms with E-state index in [2.05, 4.69) is 37.8 Å². The van der Waals surface area contributed by atoms with Crippen molar-refractivity contribution in [2.45, 2.75) is 12.5 Å². The maximum atomic E-state index is 5.59. The fraction of sp³-hybridized carbons (Fsp3) is 0.182. The number of nitrogens with one attached hydrogen (secondary N) is 1. The van der Waals surface area contributed by atoms with Crippen molar-refractivity contribution in [3.05, 3.63) is 50.9 Å². The lowest BCUT2D eigenvalue weighted by Crippen LogP contribution is -2.28. The number of aromatic nitrogens is 1. The van der Waals surface area contributed by atoms with Crippen molar-refractivity contribution >= 4 is 27.3 Å². The van der Waals surface area contributed by atoms with Gasteiger partial charge in [-0.25, -0.2) is 0 Å². The Morgan fingerprint density at radius 3 is 2.75 bits per heavy atom. The lowest BCUT2D eigenvalue weighted by Gasteiger charge is -2.13. The molecule has 0 aliphatic heterocycles. The Bertz CT molecular complexity index is 444. The zero-order valence-corrected chi connectivity index (χ0v) is 11.0. The van der Waals surface area contributed by atoms with Crippen LogP contribution in [0.15, 0.2) is 40.4 Å². The van der Waals surface area contributed by atoms with E-state index in [1.54, 1.807) is 23.7 Å². The summed E-state index contributed by atoms with van der Waals surface area (Å²) in [6.07, 6.45) is 4.46. The number of halogens is 1. The Balaban J connectivity index is 2.12. The number of hydrogen-bond donors (Lipinski definition) is 2. The zero-order valence-electron chi connectivity index (χ0n) is 8.56. The Labute approximate surface area is 107 Å². The normalized spacial score (nSPS) is 12.6. The Kier molecular flexibility index (Phi) is 4.06. The van der Waals surface area contributed by atoms with Crippen LogP contribution in [0.1, 0.15) is 16.5 Å². The second kappa shape index (κ2) is 5.54. The van der Waals surface area contributed by atoms with Gasteiger partial charge in [-0.05, 0) is 46.1 Å². The van der Waals surface area contributed by atoms with Crippen molar-refractivity contribution in [1.82, 2.24) is 10.4 Å². The van der Waals surface area contributed by atoms with Crippen LogP contribution >= 0.6 is 27.3 Å². The number of hydrogen-bond acceptors (Lipinski definition) is 4. The molecule has 0 saturated carbocycles. The van der Waals surface area contributed by atoms with Crippen LogP contribution in [0, 0.1) is 0 Å². The maximum absolute atomic E-state index is 5.59. The van der Waals surface area contributed by atoms with Gasteiger partial charge in [-0.15, -0.1) is 11.3 Å². The summed E-state index contributed by atoms with van der Waals surface area (Å²) < 4.78 is 1.10. The van der Waals surface area contributed by atoms with Crippen LogP contribution in [-0.4, -0.2) is 4.98 Å². The summed E-state index contributed by atoms with van der Waals surface area (Å²) >= 11 is 5.14. The minimum absolute atomic E-state index is 0.152. The van der Waals surface area contributed by atoms with E-state index >= 15 is 0 Å². The van der Waals surface area contributed by atoms with Gasteiger partial charge in [-0.1, -0.05) is 0 Å². The number of nitrogens with zero attached hydrogens (tertiary/aromatic N) is 1. The monoisotopic (exact) mass is 297 g/mol. The quantitative estimate of drug-likeness (QED) is 0.674. The van der Waals surface area contributed by atoms with E-state index in [9.17, 15) is 0 Å². The van der Waals surface area contributed by atoms with E-state index in [0.29, 0.717) is 0 Å². The Morgan fingerprint density at radius 2 is 2.19 bits per heavy atom. The van der Waals surface area contributed by atoms with Gasteiger partial charge in [0.15, 0.2) is 0 Å². The van der Waals surface area contributed by atoms with E-state index in [-0.39, 0.29) is 6.04 Å². The molecule has 1 atom stereocenters. The molecular weight excluding hydrogens is 286 g/mol. The topological polar surface area (TPSA) is 50.9 Å². The predicted molar refractivity (Wildman–Crippen MR) is 70.0 cm³/mol. The molecule has 0 bridgehead atoms. The fourth-order valence-corrected chi connectivity index (χ4v) is 3.01. The van der Waals surface area contributed by atoms with Crippen LogP contribution in [0.4, 0.5) is 0 Å². The average Bonchev–Trinajstić information content (AvgIpc) is 2.74. The molecule has 2 aromatic rings. The van der Waals surface area contributed by atoms with Crippen molar-refractivity contribution in [1.29, 1.82) is 0 Å². The highest BCUT2D eigenvalue weighted by atomic mass is 79.9. The smallest absolute Gasteiger partial charge is 0.0593 e. The Hall–Kier alpha value is -0.750.